The van der Waals surface area contributed by atoms with Crippen molar-refractivity contribution in [2.75, 3.05) is 27.0 Å². The van der Waals surface area contributed by atoms with E-state index in [-0.39, 0.29) is 12.3 Å². The molecule has 1 N–H and O–H groups in total. The van der Waals surface area contributed by atoms with Crippen LogP contribution in [0.2, 0.25) is 0 Å². The van der Waals surface area contributed by atoms with Crippen molar-refractivity contribution < 1.29 is 19.3 Å². The van der Waals surface area contributed by atoms with Gasteiger partial charge in [-0.2, -0.15) is 0 Å². The normalized spacial score (nSPS) is 36.6. The second-order valence-electron chi connectivity index (χ2n) is 7.48. The Balaban J connectivity index is 1.77. The van der Waals surface area contributed by atoms with Crippen LogP contribution in [0.4, 0.5) is 0 Å². The van der Waals surface area contributed by atoms with Crippen molar-refractivity contribution in [1.29, 1.82) is 0 Å². The van der Waals surface area contributed by atoms with Crippen LogP contribution in [0.1, 0.15) is 30.9 Å². The number of fused-ring (bicyclic) bond motifs is 3. The van der Waals surface area contributed by atoms with E-state index < -0.39 is 11.5 Å². The summed E-state index contributed by atoms with van der Waals surface area (Å²) >= 11 is 0. The first-order chi connectivity index (χ1) is 11.6. The molecule has 0 unspecified atom stereocenters. The third-order valence-electron chi connectivity index (χ3n) is 6.69. The first-order valence-electron chi connectivity index (χ1n) is 8.73. The molecule has 1 fully saturated rings. The standard InChI is InChI=1S/C19H23NO4/c1-18-13-9-15-14(23-11-24-15)8-12(13)4-7-20-6-3-5-19(18,20)10-16(22-2)17(18)21/h8-10,17,21H,3-7,11H2,1-2H3/t17-,18-,19+/m1/s1. The molecule has 3 heterocycles. The fourth-order valence-electron chi connectivity index (χ4n) is 5.43. The summed E-state index contributed by atoms with van der Waals surface area (Å²) in [5, 5.41) is 11.2. The predicted molar refractivity (Wildman–Crippen MR) is 88.3 cm³/mol. The number of ether oxygens (including phenoxy) is 3. The third kappa shape index (κ3) is 1.53. The molecular formula is C19H23NO4. The van der Waals surface area contributed by atoms with Crippen LogP contribution < -0.4 is 9.47 Å². The Bertz CT molecular complexity index is 745. The second-order valence-corrected chi connectivity index (χ2v) is 7.48. The minimum atomic E-state index is -0.652. The Morgan fingerprint density at radius 3 is 2.83 bits per heavy atom. The summed E-state index contributed by atoms with van der Waals surface area (Å²) in [5.41, 5.74) is 1.80. The second kappa shape index (κ2) is 4.67. The van der Waals surface area contributed by atoms with Gasteiger partial charge < -0.3 is 19.3 Å². The minimum absolute atomic E-state index is 0.184. The molecule has 0 aromatic heterocycles. The topological polar surface area (TPSA) is 51.2 Å². The summed E-state index contributed by atoms with van der Waals surface area (Å²) in [5.74, 6) is 2.30. The number of rotatable bonds is 1. The molecule has 3 aliphatic heterocycles. The Kier molecular flexibility index (Phi) is 2.84. The van der Waals surface area contributed by atoms with Crippen LogP contribution in [0.25, 0.3) is 0 Å². The number of aliphatic hydroxyl groups excluding tert-OH is 1. The molecule has 1 spiro atoms. The van der Waals surface area contributed by atoms with Crippen LogP contribution in [0.5, 0.6) is 11.5 Å². The van der Waals surface area contributed by atoms with Gasteiger partial charge in [-0.15, -0.1) is 0 Å². The third-order valence-corrected chi connectivity index (χ3v) is 6.69. The van der Waals surface area contributed by atoms with Gasteiger partial charge in [-0.05, 0) is 55.1 Å². The van der Waals surface area contributed by atoms with E-state index in [0.29, 0.717) is 5.76 Å². The van der Waals surface area contributed by atoms with E-state index in [1.54, 1.807) is 7.11 Å². The van der Waals surface area contributed by atoms with E-state index in [1.165, 1.54) is 11.1 Å². The van der Waals surface area contributed by atoms with Crippen LogP contribution in [0.3, 0.4) is 0 Å². The smallest absolute Gasteiger partial charge is 0.231 e. The van der Waals surface area contributed by atoms with Crippen LogP contribution in [-0.4, -0.2) is 48.6 Å². The number of benzene rings is 1. The summed E-state index contributed by atoms with van der Waals surface area (Å²) in [7, 11) is 1.65. The Morgan fingerprint density at radius 2 is 2.04 bits per heavy atom. The summed E-state index contributed by atoms with van der Waals surface area (Å²) < 4.78 is 16.8. The average Bonchev–Trinajstić information content (AvgIpc) is 3.25. The molecule has 5 nitrogen and oxygen atoms in total. The first-order valence-corrected chi connectivity index (χ1v) is 8.73. The largest absolute Gasteiger partial charge is 0.499 e. The van der Waals surface area contributed by atoms with Crippen molar-refractivity contribution in [3.05, 3.63) is 35.1 Å². The van der Waals surface area contributed by atoms with Crippen LogP contribution >= 0.6 is 0 Å². The molecule has 128 valence electrons. The molecule has 5 heteroatoms. The van der Waals surface area contributed by atoms with Gasteiger partial charge in [0.25, 0.3) is 0 Å². The van der Waals surface area contributed by atoms with Gasteiger partial charge >= 0.3 is 0 Å². The molecule has 1 aliphatic carbocycles. The lowest BCUT2D eigenvalue weighted by Gasteiger charge is -2.47. The maximum Gasteiger partial charge on any atom is 0.231 e. The quantitative estimate of drug-likeness (QED) is 0.854. The van der Waals surface area contributed by atoms with Crippen molar-refractivity contribution in [1.82, 2.24) is 4.90 Å². The zero-order valence-electron chi connectivity index (χ0n) is 14.2. The zero-order chi connectivity index (χ0) is 16.5. The van der Waals surface area contributed by atoms with Crippen molar-refractivity contribution in [3.63, 3.8) is 0 Å². The number of methoxy groups -OCH3 is 1. The van der Waals surface area contributed by atoms with Gasteiger partial charge in [0.2, 0.25) is 6.79 Å². The summed E-state index contributed by atoms with van der Waals surface area (Å²) in [4.78, 5) is 2.54. The molecule has 5 rings (SSSR count). The maximum atomic E-state index is 11.2. The van der Waals surface area contributed by atoms with Crippen molar-refractivity contribution in [2.45, 2.75) is 43.2 Å². The van der Waals surface area contributed by atoms with Gasteiger partial charge in [0.1, 0.15) is 11.9 Å². The minimum Gasteiger partial charge on any atom is -0.499 e. The van der Waals surface area contributed by atoms with E-state index in [1.807, 2.05) is 0 Å². The lowest BCUT2D eigenvalue weighted by Crippen LogP contribution is -2.57. The average molecular weight is 329 g/mol. The summed E-state index contributed by atoms with van der Waals surface area (Å²) in [6.45, 7) is 4.51. The summed E-state index contributed by atoms with van der Waals surface area (Å²) in [6.07, 6.45) is 4.69. The SMILES string of the molecule is COC1=C[C@]23CCCN2CCc2cc4c(cc2[C@]3(C)[C@@H]1O)OCO4. The van der Waals surface area contributed by atoms with E-state index in [2.05, 4.69) is 30.0 Å². The highest BCUT2D eigenvalue weighted by molar-refractivity contribution is 5.56. The highest BCUT2D eigenvalue weighted by Gasteiger charge is 2.64. The van der Waals surface area contributed by atoms with Crippen LogP contribution in [-0.2, 0) is 16.6 Å². The molecule has 24 heavy (non-hydrogen) atoms. The molecule has 3 atom stereocenters. The lowest BCUT2D eigenvalue weighted by atomic mass is 9.65. The van der Waals surface area contributed by atoms with Gasteiger partial charge in [-0.1, -0.05) is 6.92 Å². The molecule has 0 radical (unpaired) electrons. The zero-order valence-corrected chi connectivity index (χ0v) is 14.2. The summed E-state index contributed by atoms with van der Waals surface area (Å²) in [6, 6.07) is 4.20. The highest BCUT2D eigenvalue weighted by Crippen LogP contribution is 2.58. The lowest BCUT2D eigenvalue weighted by molar-refractivity contribution is 0.0219. The Labute approximate surface area is 141 Å². The highest BCUT2D eigenvalue weighted by atomic mass is 16.7. The molecule has 1 aromatic carbocycles. The Hall–Kier alpha value is -1.72. The predicted octanol–water partition coefficient (Wildman–Crippen LogP) is 1.97. The monoisotopic (exact) mass is 329 g/mol. The van der Waals surface area contributed by atoms with Gasteiger partial charge in [0.05, 0.1) is 12.6 Å². The van der Waals surface area contributed by atoms with E-state index in [0.717, 1.165) is 43.9 Å². The number of nitrogens with zero attached hydrogens (tertiary/aromatic N) is 1. The molecule has 0 bridgehead atoms. The van der Waals surface area contributed by atoms with Gasteiger partial charge in [0.15, 0.2) is 11.5 Å². The van der Waals surface area contributed by atoms with Crippen molar-refractivity contribution >= 4 is 0 Å². The molecule has 1 aromatic rings. The maximum absolute atomic E-state index is 11.2. The molecule has 0 saturated carbocycles. The number of hydrogen-bond acceptors (Lipinski definition) is 5. The van der Waals surface area contributed by atoms with Crippen molar-refractivity contribution in [2.24, 2.45) is 0 Å². The first kappa shape index (κ1) is 14.6. The van der Waals surface area contributed by atoms with Crippen LogP contribution in [0.15, 0.2) is 24.0 Å². The van der Waals surface area contributed by atoms with Gasteiger partial charge in [0, 0.05) is 12.0 Å². The Morgan fingerprint density at radius 1 is 1.25 bits per heavy atom. The van der Waals surface area contributed by atoms with Gasteiger partial charge in [-0.3, -0.25) is 4.90 Å². The van der Waals surface area contributed by atoms with E-state index in [9.17, 15) is 5.11 Å². The van der Waals surface area contributed by atoms with E-state index in [4.69, 9.17) is 14.2 Å². The van der Waals surface area contributed by atoms with E-state index >= 15 is 0 Å². The number of aliphatic hydroxyl groups is 1. The molecule has 1 saturated heterocycles. The molecule has 0 amide bonds. The fraction of sp³-hybridized carbons (Fsp3) is 0.579. The number of hydrogen-bond donors (Lipinski definition) is 1. The molecule has 4 aliphatic rings. The van der Waals surface area contributed by atoms with Crippen LogP contribution in [0, 0.1) is 0 Å². The van der Waals surface area contributed by atoms with Crippen molar-refractivity contribution in [3.8, 4) is 11.5 Å². The van der Waals surface area contributed by atoms with Gasteiger partial charge in [-0.25, -0.2) is 0 Å². The molecular weight excluding hydrogens is 306 g/mol. The fourth-order valence-corrected chi connectivity index (χ4v) is 5.43.